The molecule has 4 rings (SSSR count). The van der Waals surface area contributed by atoms with Crippen molar-refractivity contribution >= 4 is 37.8 Å². The van der Waals surface area contributed by atoms with Gasteiger partial charge >= 0.3 is 5.63 Å². The highest BCUT2D eigenvalue weighted by atomic mass is 79.9. The van der Waals surface area contributed by atoms with Crippen LogP contribution in [0.3, 0.4) is 0 Å². The van der Waals surface area contributed by atoms with Crippen molar-refractivity contribution in [2.45, 2.75) is 0 Å². The van der Waals surface area contributed by atoms with Crippen LogP contribution < -0.4 is 10.4 Å². The number of halogens is 1. The number of aromatic nitrogens is 1. The molecule has 0 aliphatic rings. The average molecular weight is 382 g/mol. The summed E-state index contributed by atoms with van der Waals surface area (Å²) in [5, 5.41) is 1.79. The highest BCUT2D eigenvalue weighted by molar-refractivity contribution is 9.10. The smallest absolute Gasteiger partial charge is 0.344 e. The van der Waals surface area contributed by atoms with Crippen LogP contribution in [0.5, 0.6) is 5.75 Å². The fraction of sp³-hybridized carbons (Fsp3) is 0.0526. The maximum absolute atomic E-state index is 12.5. The first-order chi connectivity index (χ1) is 11.7. The summed E-state index contributed by atoms with van der Waals surface area (Å²) in [6.45, 7) is 0. The molecule has 0 saturated carbocycles. The third-order valence-corrected chi connectivity index (χ3v) is 4.52. The Morgan fingerprint density at radius 3 is 2.62 bits per heavy atom. The first-order valence-corrected chi connectivity index (χ1v) is 8.12. The Bertz CT molecular complexity index is 1130. The molecule has 4 aromatic rings. The summed E-state index contributed by atoms with van der Waals surface area (Å²) in [6.07, 6.45) is 0. The van der Waals surface area contributed by atoms with Gasteiger partial charge in [0.25, 0.3) is 0 Å². The van der Waals surface area contributed by atoms with Gasteiger partial charge < -0.3 is 9.15 Å². The van der Waals surface area contributed by atoms with Crippen molar-refractivity contribution in [3.8, 4) is 16.9 Å². The summed E-state index contributed by atoms with van der Waals surface area (Å²) in [6, 6.07) is 16.9. The summed E-state index contributed by atoms with van der Waals surface area (Å²) in [5.74, 6) is 0.645. The molecule has 4 nitrogen and oxygen atoms in total. The fourth-order valence-corrected chi connectivity index (χ4v) is 3.21. The zero-order valence-corrected chi connectivity index (χ0v) is 14.3. The van der Waals surface area contributed by atoms with Gasteiger partial charge in [-0.25, -0.2) is 9.78 Å². The van der Waals surface area contributed by atoms with Crippen molar-refractivity contribution in [2.75, 3.05) is 7.11 Å². The second kappa shape index (κ2) is 5.76. The Labute approximate surface area is 145 Å². The predicted octanol–water partition coefficient (Wildman–Crippen LogP) is 4.78. The quantitative estimate of drug-likeness (QED) is 0.370. The van der Waals surface area contributed by atoms with Gasteiger partial charge in [0, 0.05) is 22.4 Å². The van der Waals surface area contributed by atoms with Gasteiger partial charge in [0.05, 0.1) is 18.2 Å². The first kappa shape index (κ1) is 14.9. The molecule has 118 valence electrons. The topological polar surface area (TPSA) is 52.3 Å². The maximum atomic E-state index is 12.5. The summed E-state index contributed by atoms with van der Waals surface area (Å²) in [5.41, 5.74) is 2.13. The number of nitrogens with zero attached hydrogens (tertiary/aromatic N) is 1. The van der Waals surface area contributed by atoms with Crippen LogP contribution in [0.2, 0.25) is 0 Å². The number of fused-ring (bicyclic) bond motifs is 2. The molecule has 2 aromatic heterocycles. The Morgan fingerprint density at radius 1 is 1.00 bits per heavy atom. The first-order valence-electron chi connectivity index (χ1n) is 7.33. The summed E-state index contributed by atoms with van der Waals surface area (Å²) in [4.78, 5) is 17.0. The maximum Gasteiger partial charge on any atom is 0.344 e. The molecule has 5 heteroatoms. The average Bonchev–Trinajstić information content (AvgIpc) is 2.60. The van der Waals surface area contributed by atoms with E-state index < -0.39 is 5.63 Å². The Morgan fingerprint density at radius 2 is 1.79 bits per heavy atom. The number of rotatable bonds is 2. The van der Waals surface area contributed by atoms with Gasteiger partial charge in [-0.2, -0.15) is 0 Å². The molecule has 2 aromatic carbocycles. The molecular formula is C19H12BrNO3. The number of para-hydroxylation sites is 1. The highest BCUT2D eigenvalue weighted by Gasteiger charge is 2.13. The molecule has 0 radical (unpaired) electrons. The monoisotopic (exact) mass is 381 g/mol. The SMILES string of the molecule is COc1ccc2cc(-c3cc4ccccc4nc3Br)c(=O)oc2c1. The Kier molecular flexibility index (Phi) is 3.58. The number of ether oxygens (including phenoxy) is 1. The molecular weight excluding hydrogens is 370 g/mol. The van der Waals surface area contributed by atoms with E-state index in [0.717, 1.165) is 16.3 Å². The van der Waals surface area contributed by atoms with Gasteiger partial charge in [-0.15, -0.1) is 0 Å². The van der Waals surface area contributed by atoms with Crippen molar-refractivity contribution in [1.29, 1.82) is 0 Å². The summed E-state index contributed by atoms with van der Waals surface area (Å²) in [7, 11) is 1.57. The normalized spacial score (nSPS) is 11.1. The largest absolute Gasteiger partial charge is 0.497 e. The molecule has 0 fully saturated rings. The number of pyridine rings is 1. The van der Waals surface area contributed by atoms with Crippen molar-refractivity contribution in [1.82, 2.24) is 4.98 Å². The molecule has 0 atom stereocenters. The van der Waals surface area contributed by atoms with Gasteiger partial charge in [0.1, 0.15) is 15.9 Å². The lowest BCUT2D eigenvalue weighted by molar-refractivity contribution is 0.414. The van der Waals surface area contributed by atoms with E-state index in [1.54, 1.807) is 13.2 Å². The van der Waals surface area contributed by atoms with Crippen molar-refractivity contribution < 1.29 is 9.15 Å². The lowest BCUT2D eigenvalue weighted by atomic mass is 10.1. The Balaban J connectivity index is 1.97. The highest BCUT2D eigenvalue weighted by Crippen LogP contribution is 2.30. The molecule has 0 spiro atoms. The van der Waals surface area contributed by atoms with Crippen LogP contribution in [-0.4, -0.2) is 12.1 Å². The zero-order valence-electron chi connectivity index (χ0n) is 12.7. The molecule has 0 aliphatic heterocycles. The minimum Gasteiger partial charge on any atom is -0.497 e. The van der Waals surface area contributed by atoms with Gasteiger partial charge in [-0.05, 0) is 46.3 Å². The van der Waals surface area contributed by atoms with Crippen LogP contribution >= 0.6 is 15.9 Å². The molecule has 2 heterocycles. The molecule has 0 N–H and O–H groups in total. The lowest BCUT2D eigenvalue weighted by Gasteiger charge is -2.07. The van der Waals surface area contributed by atoms with Crippen LogP contribution in [-0.2, 0) is 0 Å². The van der Waals surface area contributed by atoms with Crippen LogP contribution in [0.25, 0.3) is 33.0 Å². The van der Waals surface area contributed by atoms with E-state index in [1.165, 1.54) is 0 Å². The van der Waals surface area contributed by atoms with Gasteiger partial charge in [0.15, 0.2) is 0 Å². The van der Waals surface area contributed by atoms with E-state index in [0.29, 0.717) is 27.1 Å². The standard InChI is InChI=1S/C19H12BrNO3/c1-23-13-7-6-12-9-15(19(22)24-17(12)10-13)14-8-11-4-2-3-5-16(11)21-18(14)20/h2-10H,1H3. The third-order valence-electron chi connectivity index (χ3n) is 3.91. The molecule has 24 heavy (non-hydrogen) atoms. The van der Waals surface area contributed by atoms with E-state index in [4.69, 9.17) is 9.15 Å². The number of methoxy groups -OCH3 is 1. The van der Waals surface area contributed by atoms with Gasteiger partial charge in [-0.3, -0.25) is 0 Å². The van der Waals surface area contributed by atoms with Crippen molar-refractivity contribution in [3.05, 3.63) is 69.6 Å². The molecule has 0 unspecified atom stereocenters. The van der Waals surface area contributed by atoms with Crippen molar-refractivity contribution in [3.63, 3.8) is 0 Å². The molecule has 0 saturated heterocycles. The Hall–Kier alpha value is -2.66. The van der Waals surface area contributed by atoms with E-state index in [2.05, 4.69) is 20.9 Å². The van der Waals surface area contributed by atoms with E-state index >= 15 is 0 Å². The second-order valence-electron chi connectivity index (χ2n) is 5.37. The van der Waals surface area contributed by atoms with E-state index in [1.807, 2.05) is 48.5 Å². The second-order valence-corrected chi connectivity index (χ2v) is 6.12. The van der Waals surface area contributed by atoms with Crippen molar-refractivity contribution in [2.24, 2.45) is 0 Å². The minimum absolute atomic E-state index is 0.409. The van der Waals surface area contributed by atoms with Crippen LogP contribution in [0, 0.1) is 0 Å². The third kappa shape index (κ3) is 2.47. The van der Waals surface area contributed by atoms with Crippen LogP contribution in [0.15, 0.2) is 68.4 Å². The summed E-state index contributed by atoms with van der Waals surface area (Å²) >= 11 is 3.46. The zero-order chi connectivity index (χ0) is 16.7. The lowest BCUT2D eigenvalue weighted by Crippen LogP contribution is -2.04. The van der Waals surface area contributed by atoms with E-state index in [-0.39, 0.29) is 0 Å². The molecule has 0 amide bonds. The summed E-state index contributed by atoms with van der Waals surface area (Å²) < 4.78 is 11.2. The van der Waals surface area contributed by atoms with Crippen LogP contribution in [0.4, 0.5) is 0 Å². The number of hydrogen-bond acceptors (Lipinski definition) is 4. The van der Waals surface area contributed by atoms with E-state index in [9.17, 15) is 4.79 Å². The van der Waals surface area contributed by atoms with Crippen LogP contribution in [0.1, 0.15) is 0 Å². The molecule has 0 bridgehead atoms. The fourth-order valence-electron chi connectivity index (χ4n) is 2.69. The number of benzene rings is 2. The predicted molar refractivity (Wildman–Crippen MR) is 97.5 cm³/mol. The molecule has 0 aliphatic carbocycles. The minimum atomic E-state index is -0.409. The van der Waals surface area contributed by atoms with Gasteiger partial charge in [0.2, 0.25) is 0 Å². The number of hydrogen-bond donors (Lipinski definition) is 0. The van der Waals surface area contributed by atoms with Gasteiger partial charge in [-0.1, -0.05) is 18.2 Å².